The summed E-state index contributed by atoms with van der Waals surface area (Å²) in [5.74, 6) is 1.73. The molecule has 2 aliphatic rings. The van der Waals surface area contributed by atoms with Crippen molar-refractivity contribution < 1.29 is 8.42 Å². The zero-order chi connectivity index (χ0) is 15.5. The Labute approximate surface area is 128 Å². The molecule has 0 saturated carbocycles. The van der Waals surface area contributed by atoms with Crippen LogP contribution in [0.25, 0.3) is 0 Å². The minimum atomic E-state index is -3.57. The van der Waals surface area contributed by atoms with Crippen LogP contribution in [-0.4, -0.2) is 49.1 Å². The van der Waals surface area contributed by atoms with E-state index < -0.39 is 10.0 Å². The number of imidazole rings is 1. The molecule has 2 unspecified atom stereocenters. The summed E-state index contributed by atoms with van der Waals surface area (Å²) < 4.78 is 31.3. The highest BCUT2D eigenvalue weighted by Gasteiger charge is 2.45. The number of rotatable bonds is 2. The minimum absolute atomic E-state index is 0.0482. The maximum atomic E-state index is 13.0. The van der Waals surface area contributed by atoms with Crippen molar-refractivity contribution >= 4 is 10.0 Å². The Morgan fingerprint density at radius 3 is 2.73 bits per heavy atom. The first-order chi connectivity index (χ1) is 10.5. The number of hydrogen-bond donors (Lipinski definition) is 0. The van der Waals surface area contributed by atoms with Crippen LogP contribution >= 0.6 is 0 Å². The fourth-order valence-electron chi connectivity index (χ4n) is 3.56. The topological polar surface area (TPSA) is 85.9 Å². The zero-order valence-electron chi connectivity index (χ0n) is 12.5. The second kappa shape index (κ2) is 4.63. The number of nitrogens with zero attached hydrogens (tertiary/aromatic N) is 6. The molecule has 0 spiro atoms. The van der Waals surface area contributed by atoms with Gasteiger partial charge >= 0.3 is 0 Å². The highest BCUT2D eigenvalue weighted by Crippen LogP contribution is 2.35. The SMILES string of the molecule is Cc1nnc2n1CC1CCC(C2)N1S(=O)(=O)c1cn(C)cn1. The van der Waals surface area contributed by atoms with Gasteiger partial charge in [-0.15, -0.1) is 10.2 Å². The van der Waals surface area contributed by atoms with Crippen molar-refractivity contribution in [2.75, 3.05) is 0 Å². The molecule has 1 fully saturated rings. The Morgan fingerprint density at radius 1 is 1.23 bits per heavy atom. The van der Waals surface area contributed by atoms with Gasteiger partial charge in [-0.25, -0.2) is 13.4 Å². The molecule has 8 nitrogen and oxygen atoms in total. The summed E-state index contributed by atoms with van der Waals surface area (Å²) >= 11 is 0. The lowest BCUT2D eigenvalue weighted by Crippen LogP contribution is -2.42. The summed E-state index contributed by atoms with van der Waals surface area (Å²) in [6.45, 7) is 2.53. The van der Waals surface area contributed by atoms with E-state index in [2.05, 4.69) is 15.2 Å². The van der Waals surface area contributed by atoms with Gasteiger partial charge in [-0.05, 0) is 19.8 Å². The molecule has 0 amide bonds. The van der Waals surface area contributed by atoms with Crippen LogP contribution in [0.4, 0.5) is 0 Å². The molecule has 0 N–H and O–H groups in total. The molecule has 0 radical (unpaired) electrons. The molecule has 0 aliphatic carbocycles. The molecule has 2 atom stereocenters. The third kappa shape index (κ3) is 1.92. The number of sulfonamides is 1. The molecule has 2 aliphatic heterocycles. The van der Waals surface area contributed by atoms with Gasteiger partial charge in [0.25, 0.3) is 10.0 Å². The van der Waals surface area contributed by atoms with E-state index in [0.717, 1.165) is 24.5 Å². The number of hydrogen-bond acceptors (Lipinski definition) is 5. The van der Waals surface area contributed by atoms with Crippen molar-refractivity contribution in [1.29, 1.82) is 0 Å². The van der Waals surface area contributed by atoms with Crippen molar-refractivity contribution in [2.24, 2.45) is 7.05 Å². The lowest BCUT2D eigenvalue weighted by molar-refractivity contribution is 0.313. The summed E-state index contributed by atoms with van der Waals surface area (Å²) in [6, 6.07) is -0.102. The number of fused-ring (bicyclic) bond motifs is 3. The molecular weight excluding hydrogens is 304 g/mol. The Bertz CT molecular complexity index is 823. The first-order valence-electron chi connectivity index (χ1n) is 7.37. The van der Waals surface area contributed by atoms with Crippen molar-refractivity contribution in [3.8, 4) is 0 Å². The van der Waals surface area contributed by atoms with Crippen molar-refractivity contribution in [2.45, 2.75) is 49.8 Å². The van der Waals surface area contributed by atoms with Gasteiger partial charge < -0.3 is 9.13 Å². The molecule has 118 valence electrons. The van der Waals surface area contributed by atoms with Gasteiger partial charge in [-0.2, -0.15) is 4.31 Å². The van der Waals surface area contributed by atoms with Crippen molar-refractivity contribution in [3.63, 3.8) is 0 Å². The van der Waals surface area contributed by atoms with Crippen LogP contribution in [0.1, 0.15) is 24.5 Å². The summed E-state index contributed by atoms with van der Waals surface area (Å²) in [4.78, 5) is 4.04. The predicted octanol–water partition coefficient (Wildman–Crippen LogP) is 0.0980. The third-order valence-corrected chi connectivity index (χ3v) is 6.49. The molecule has 1 saturated heterocycles. The highest BCUT2D eigenvalue weighted by molar-refractivity contribution is 7.89. The second-order valence-corrected chi connectivity index (χ2v) is 7.87. The van der Waals surface area contributed by atoms with Crippen LogP contribution in [0.5, 0.6) is 0 Å². The van der Waals surface area contributed by atoms with Crippen molar-refractivity contribution in [3.05, 3.63) is 24.2 Å². The Hall–Kier alpha value is -1.74. The largest absolute Gasteiger partial charge is 0.339 e. The fourth-order valence-corrected chi connectivity index (χ4v) is 5.39. The van der Waals surface area contributed by atoms with Crippen LogP contribution in [0.3, 0.4) is 0 Å². The number of aromatic nitrogens is 5. The smallest absolute Gasteiger partial charge is 0.262 e. The van der Waals surface area contributed by atoms with E-state index in [1.807, 2.05) is 11.5 Å². The van der Waals surface area contributed by atoms with Gasteiger partial charge in [0.05, 0.1) is 6.33 Å². The van der Waals surface area contributed by atoms with Crippen LogP contribution in [0.2, 0.25) is 0 Å². The monoisotopic (exact) mass is 322 g/mol. The molecule has 2 aromatic heterocycles. The number of aryl methyl sites for hydroxylation is 2. The highest BCUT2D eigenvalue weighted by atomic mass is 32.2. The second-order valence-electron chi connectivity index (χ2n) is 6.08. The van der Waals surface area contributed by atoms with Gasteiger partial charge in [-0.3, -0.25) is 0 Å². The van der Waals surface area contributed by atoms with Gasteiger partial charge in [0.15, 0.2) is 5.03 Å². The first kappa shape index (κ1) is 13.9. The average Bonchev–Trinajstić information content (AvgIpc) is 3.10. The third-order valence-electron chi connectivity index (χ3n) is 4.60. The van der Waals surface area contributed by atoms with E-state index in [1.54, 1.807) is 22.1 Å². The van der Waals surface area contributed by atoms with Gasteiger partial charge in [0.2, 0.25) is 0 Å². The molecule has 0 aromatic carbocycles. The average molecular weight is 322 g/mol. The van der Waals surface area contributed by atoms with E-state index >= 15 is 0 Å². The van der Waals surface area contributed by atoms with Gasteiger partial charge in [-0.1, -0.05) is 0 Å². The minimum Gasteiger partial charge on any atom is -0.339 e. The molecule has 2 bridgehead atoms. The first-order valence-corrected chi connectivity index (χ1v) is 8.81. The molecule has 4 heterocycles. The Balaban J connectivity index is 1.75. The predicted molar refractivity (Wildman–Crippen MR) is 77.5 cm³/mol. The van der Waals surface area contributed by atoms with E-state index in [0.29, 0.717) is 13.0 Å². The maximum absolute atomic E-state index is 13.0. The lowest BCUT2D eigenvalue weighted by Gasteiger charge is -2.25. The van der Waals surface area contributed by atoms with Crippen LogP contribution in [0, 0.1) is 6.92 Å². The van der Waals surface area contributed by atoms with E-state index in [1.165, 1.54) is 6.33 Å². The summed E-state index contributed by atoms with van der Waals surface area (Å²) in [5, 5.41) is 8.44. The van der Waals surface area contributed by atoms with Crippen molar-refractivity contribution in [1.82, 2.24) is 28.6 Å². The summed E-state index contributed by atoms with van der Waals surface area (Å²) in [6.07, 6.45) is 5.43. The van der Waals surface area contributed by atoms with E-state index in [9.17, 15) is 8.42 Å². The molecule has 22 heavy (non-hydrogen) atoms. The van der Waals surface area contributed by atoms with Crippen LogP contribution in [0.15, 0.2) is 17.6 Å². The van der Waals surface area contributed by atoms with Crippen LogP contribution < -0.4 is 0 Å². The fraction of sp³-hybridized carbons (Fsp3) is 0.615. The summed E-state index contributed by atoms with van der Waals surface area (Å²) in [5.41, 5.74) is 0. The van der Waals surface area contributed by atoms with Gasteiger partial charge in [0.1, 0.15) is 11.6 Å². The normalized spacial score (nSPS) is 25.2. The van der Waals surface area contributed by atoms with Crippen LogP contribution in [-0.2, 0) is 30.0 Å². The van der Waals surface area contributed by atoms with E-state index in [4.69, 9.17) is 0 Å². The molecule has 9 heteroatoms. The molecular formula is C13H18N6O2S. The standard InChI is InChI=1S/C13H18N6O2S/c1-9-15-16-12-5-10-3-4-11(6-18(9)12)19(10)22(20,21)13-7-17(2)8-14-13/h7-8,10-11H,3-6H2,1-2H3. The molecule has 4 rings (SSSR count). The summed E-state index contributed by atoms with van der Waals surface area (Å²) in [7, 11) is -1.80. The van der Waals surface area contributed by atoms with Gasteiger partial charge in [0, 0.05) is 38.3 Å². The molecule has 2 aromatic rings. The Kier molecular flexibility index (Phi) is 2.92. The maximum Gasteiger partial charge on any atom is 0.262 e. The Morgan fingerprint density at radius 2 is 2.00 bits per heavy atom. The quantitative estimate of drug-likeness (QED) is 0.782. The van der Waals surface area contributed by atoms with E-state index in [-0.39, 0.29) is 17.1 Å². The lowest BCUT2D eigenvalue weighted by atomic mass is 10.1. The zero-order valence-corrected chi connectivity index (χ0v) is 13.4.